The van der Waals surface area contributed by atoms with Gasteiger partial charge in [-0.1, -0.05) is 32.9 Å². The molecule has 5 heteroatoms. The van der Waals surface area contributed by atoms with Crippen LogP contribution in [0.1, 0.15) is 64.0 Å². The molecule has 7 unspecified atom stereocenters. The number of phenols is 1. The molecule has 1 aromatic rings. The summed E-state index contributed by atoms with van der Waals surface area (Å²) in [7, 11) is 0. The molecular weight excluding hydrogens is 414 g/mol. The smallest absolute Gasteiger partial charge is 0.165 e. The molecule has 0 aromatic heterocycles. The molecule has 5 nitrogen and oxygen atoms in total. The SMILES string of the molecule is C=CCN1CCC23c4c5ccc(O)c4OC2C24CCC3(CC2C(CC(C)(C)C)OCO4)C1C5. The molecule has 5 fully saturated rings. The first-order valence-electron chi connectivity index (χ1n) is 12.9. The van der Waals surface area contributed by atoms with Crippen LogP contribution in [0, 0.1) is 16.7 Å². The quantitative estimate of drug-likeness (QED) is 0.683. The summed E-state index contributed by atoms with van der Waals surface area (Å²) < 4.78 is 20.0. The van der Waals surface area contributed by atoms with Crippen LogP contribution in [0.5, 0.6) is 11.5 Å². The lowest BCUT2D eigenvalue weighted by Crippen LogP contribution is -2.82. The molecule has 4 aliphatic carbocycles. The number of likely N-dealkylation sites (tertiary alicyclic amines) is 1. The second-order valence-electron chi connectivity index (χ2n) is 12.8. The van der Waals surface area contributed by atoms with Crippen molar-refractivity contribution in [1.29, 1.82) is 0 Å². The van der Waals surface area contributed by atoms with E-state index in [4.69, 9.17) is 14.2 Å². The van der Waals surface area contributed by atoms with Gasteiger partial charge < -0.3 is 19.3 Å². The molecule has 178 valence electrons. The summed E-state index contributed by atoms with van der Waals surface area (Å²) in [6.07, 6.45) is 8.65. The second kappa shape index (κ2) is 6.35. The van der Waals surface area contributed by atoms with E-state index in [2.05, 4.69) is 44.4 Å². The van der Waals surface area contributed by atoms with Crippen LogP contribution >= 0.6 is 0 Å². The van der Waals surface area contributed by atoms with Crippen LogP contribution < -0.4 is 4.74 Å². The van der Waals surface area contributed by atoms with E-state index < -0.39 is 0 Å². The van der Waals surface area contributed by atoms with Crippen molar-refractivity contribution in [2.75, 3.05) is 19.9 Å². The average molecular weight is 452 g/mol. The lowest BCUT2D eigenvalue weighted by atomic mass is 9.34. The summed E-state index contributed by atoms with van der Waals surface area (Å²) in [6.45, 7) is 13.3. The van der Waals surface area contributed by atoms with Gasteiger partial charge in [0.1, 0.15) is 18.5 Å². The molecule has 7 atom stereocenters. The van der Waals surface area contributed by atoms with Crippen molar-refractivity contribution in [3.8, 4) is 11.5 Å². The number of ether oxygens (including phenoxy) is 3. The zero-order valence-electron chi connectivity index (χ0n) is 20.2. The van der Waals surface area contributed by atoms with Crippen LogP contribution in [0.2, 0.25) is 0 Å². The Morgan fingerprint density at radius 3 is 2.88 bits per heavy atom. The molecule has 8 rings (SSSR count). The van der Waals surface area contributed by atoms with Crippen LogP contribution in [0.3, 0.4) is 0 Å². The van der Waals surface area contributed by atoms with Gasteiger partial charge in [-0.15, -0.1) is 6.58 Å². The van der Waals surface area contributed by atoms with E-state index in [9.17, 15) is 5.11 Å². The molecule has 1 N–H and O–H groups in total. The van der Waals surface area contributed by atoms with E-state index in [1.807, 2.05) is 6.07 Å². The van der Waals surface area contributed by atoms with Crippen molar-refractivity contribution in [2.45, 2.75) is 88.6 Å². The van der Waals surface area contributed by atoms with E-state index in [1.54, 1.807) is 0 Å². The molecule has 0 amide bonds. The summed E-state index contributed by atoms with van der Waals surface area (Å²) >= 11 is 0. The maximum atomic E-state index is 10.9. The Morgan fingerprint density at radius 2 is 2.09 bits per heavy atom. The van der Waals surface area contributed by atoms with Gasteiger partial charge in [0.15, 0.2) is 11.5 Å². The standard InChI is InChI=1S/C28H37NO4/c1-5-11-29-12-10-27-22-17-6-7-19(30)23(22)33-24(27)28-9-8-26(27,21(29)13-17)14-18(28)20(31-16-32-28)15-25(2,3)4/h5-7,18,20-21,24,30H,1,8-16H2,2-4H3. The summed E-state index contributed by atoms with van der Waals surface area (Å²) in [5, 5.41) is 10.9. The highest BCUT2D eigenvalue weighted by molar-refractivity contribution is 5.63. The Bertz CT molecular complexity index is 1030. The minimum Gasteiger partial charge on any atom is -0.504 e. The molecule has 3 spiro atoms. The highest BCUT2D eigenvalue weighted by Crippen LogP contribution is 2.77. The van der Waals surface area contributed by atoms with Crippen LogP contribution in [-0.2, 0) is 21.3 Å². The average Bonchev–Trinajstić information content (AvgIpc) is 3.13. The van der Waals surface area contributed by atoms with E-state index in [0.717, 1.165) is 50.9 Å². The zero-order chi connectivity index (χ0) is 22.8. The zero-order valence-corrected chi connectivity index (χ0v) is 20.2. The molecule has 2 saturated heterocycles. The Morgan fingerprint density at radius 1 is 1.24 bits per heavy atom. The van der Waals surface area contributed by atoms with E-state index in [0.29, 0.717) is 24.5 Å². The molecule has 4 bridgehead atoms. The fourth-order valence-electron chi connectivity index (χ4n) is 9.47. The number of nitrogens with zero attached hydrogens (tertiary/aromatic N) is 1. The summed E-state index contributed by atoms with van der Waals surface area (Å²) in [4.78, 5) is 2.69. The van der Waals surface area contributed by atoms with Crippen LogP contribution in [0.15, 0.2) is 24.8 Å². The molecule has 7 aliphatic rings. The van der Waals surface area contributed by atoms with Gasteiger partial charge in [-0.3, -0.25) is 4.90 Å². The van der Waals surface area contributed by atoms with Gasteiger partial charge in [0.05, 0.1) is 6.10 Å². The van der Waals surface area contributed by atoms with Gasteiger partial charge in [-0.25, -0.2) is 0 Å². The van der Waals surface area contributed by atoms with Crippen LogP contribution in [-0.4, -0.2) is 53.7 Å². The van der Waals surface area contributed by atoms with Gasteiger partial charge in [0.25, 0.3) is 0 Å². The van der Waals surface area contributed by atoms with Crippen molar-refractivity contribution < 1.29 is 19.3 Å². The highest BCUT2D eigenvalue weighted by Gasteiger charge is 2.81. The monoisotopic (exact) mass is 451 g/mol. The fraction of sp³-hybridized carbons (Fsp3) is 0.714. The van der Waals surface area contributed by atoms with Gasteiger partial charge in [0, 0.05) is 34.9 Å². The molecule has 33 heavy (non-hydrogen) atoms. The predicted octanol–water partition coefficient (Wildman–Crippen LogP) is 4.56. The van der Waals surface area contributed by atoms with E-state index in [-0.39, 0.29) is 34.1 Å². The number of aromatic hydroxyl groups is 1. The number of rotatable bonds is 3. The Labute approximate surface area is 197 Å². The number of benzene rings is 1. The maximum Gasteiger partial charge on any atom is 0.165 e. The van der Waals surface area contributed by atoms with Crippen LogP contribution in [0.4, 0.5) is 0 Å². The Kier molecular flexibility index (Phi) is 4.00. The third-order valence-electron chi connectivity index (χ3n) is 10.4. The largest absolute Gasteiger partial charge is 0.504 e. The normalized spacial score (nSPS) is 44.7. The van der Waals surface area contributed by atoms with Crippen LogP contribution in [0.25, 0.3) is 0 Å². The Balaban J connectivity index is 1.45. The predicted molar refractivity (Wildman–Crippen MR) is 125 cm³/mol. The molecular formula is C28H37NO4. The first-order valence-corrected chi connectivity index (χ1v) is 12.9. The number of piperidine rings is 1. The van der Waals surface area contributed by atoms with Crippen molar-refractivity contribution in [3.05, 3.63) is 35.9 Å². The molecule has 3 aliphatic heterocycles. The summed E-state index contributed by atoms with van der Waals surface area (Å²) in [6, 6.07) is 4.47. The number of hydrogen-bond donors (Lipinski definition) is 1. The third-order valence-corrected chi connectivity index (χ3v) is 10.4. The second-order valence-corrected chi connectivity index (χ2v) is 12.8. The van der Waals surface area contributed by atoms with Gasteiger partial charge >= 0.3 is 0 Å². The topological polar surface area (TPSA) is 51.2 Å². The number of phenolic OH excluding ortho intramolecular Hbond substituents is 1. The molecule has 0 radical (unpaired) electrons. The molecule has 3 saturated carbocycles. The summed E-state index contributed by atoms with van der Waals surface area (Å²) in [5.41, 5.74) is 2.60. The van der Waals surface area contributed by atoms with E-state index in [1.165, 1.54) is 17.5 Å². The van der Waals surface area contributed by atoms with Gasteiger partial charge in [-0.2, -0.15) is 0 Å². The first-order chi connectivity index (χ1) is 15.8. The summed E-state index contributed by atoms with van der Waals surface area (Å²) in [5.74, 6) is 1.37. The number of fused-ring (bicyclic) bond motifs is 1. The lowest BCUT2D eigenvalue weighted by molar-refractivity contribution is -0.355. The van der Waals surface area contributed by atoms with Gasteiger partial charge in [0.2, 0.25) is 0 Å². The molecule has 1 aromatic carbocycles. The van der Waals surface area contributed by atoms with Crippen molar-refractivity contribution in [1.82, 2.24) is 4.90 Å². The Hall–Kier alpha value is -1.56. The van der Waals surface area contributed by atoms with E-state index >= 15 is 0 Å². The minimum absolute atomic E-state index is 0.0420. The third kappa shape index (κ3) is 2.30. The molecule has 3 heterocycles. The van der Waals surface area contributed by atoms with Gasteiger partial charge in [-0.05, 0) is 62.1 Å². The maximum absolute atomic E-state index is 10.9. The minimum atomic E-state index is -0.332. The lowest BCUT2D eigenvalue weighted by Gasteiger charge is -2.75. The highest BCUT2D eigenvalue weighted by atomic mass is 16.7. The van der Waals surface area contributed by atoms with Crippen molar-refractivity contribution >= 4 is 0 Å². The fourth-order valence-corrected chi connectivity index (χ4v) is 9.47. The van der Waals surface area contributed by atoms with Crippen molar-refractivity contribution in [2.24, 2.45) is 16.7 Å². The van der Waals surface area contributed by atoms with Crippen molar-refractivity contribution in [3.63, 3.8) is 0 Å². The number of hydrogen-bond acceptors (Lipinski definition) is 5. The first kappa shape index (κ1) is 20.8.